The summed E-state index contributed by atoms with van der Waals surface area (Å²) in [6, 6.07) is 8.12. The first kappa shape index (κ1) is 4.74. The van der Waals surface area contributed by atoms with Gasteiger partial charge < -0.3 is 0 Å². The number of para-hydroxylation sites is 1. The van der Waals surface area contributed by atoms with Crippen molar-refractivity contribution < 1.29 is 0 Å². The Morgan fingerprint density at radius 2 is 2.22 bits per heavy atom. The third-order valence-corrected chi connectivity index (χ3v) is 1.46. The molecule has 0 N–H and O–H groups in total. The second kappa shape index (κ2) is 1.69. The predicted molar refractivity (Wildman–Crippen MR) is 37.2 cm³/mol. The van der Waals surface area contributed by atoms with Crippen LogP contribution in [0.25, 0.3) is 0 Å². The van der Waals surface area contributed by atoms with Crippen LogP contribution in [0, 0.1) is 0 Å². The Labute approximate surface area is 54.1 Å². The molecule has 0 bridgehead atoms. The van der Waals surface area contributed by atoms with Crippen LogP contribution in [0.5, 0.6) is 0 Å². The smallest absolute Gasteiger partial charge is 0.0673 e. The Hall–Kier alpha value is -1.11. The van der Waals surface area contributed by atoms with Gasteiger partial charge in [-0.3, -0.25) is 4.99 Å². The van der Waals surface area contributed by atoms with Gasteiger partial charge in [-0.15, -0.1) is 0 Å². The number of rotatable bonds is 0. The van der Waals surface area contributed by atoms with E-state index in [1.54, 1.807) is 0 Å². The molecule has 0 saturated heterocycles. The highest BCUT2D eigenvalue weighted by molar-refractivity contribution is 5.75. The van der Waals surface area contributed by atoms with E-state index in [1.807, 2.05) is 18.2 Å². The zero-order valence-electron chi connectivity index (χ0n) is 4.96. The normalized spacial score (nSPS) is 13.8. The summed E-state index contributed by atoms with van der Waals surface area (Å²) in [5.41, 5.74) is 2.37. The lowest BCUT2D eigenvalue weighted by Crippen LogP contribution is -1.75. The van der Waals surface area contributed by atoms with Gasteiger partial charge >= 0.3 is 0 Å². The molecule has 1 aromatic carbocycles. The second-order valence-corrected chi connectivity index (χ2v) is 2.08. The summed E-state index contributed by atoms with van der Waals surface area (Å²) in [5.74, 6) is 0. The molecule has 0 fully saturated rings. The van der Waals surface area contributed by atoms with Crippen molar-refractivity contribution in [1.29, 1.82) is 0 Å². The molecule has 0 aromatic heterocycles. The maximum Gasteiger partial charge on any atom is 0.0673 e. The average Bonchev–Trinajstić information content (AvgIpc) is 2.33. The minimum Gasteiger partial charge on any atom is -0.251 e. The fourth-order valence-electron chi connectivity index (χ4n) is 0.979. The molecule has 1 aliphatic heterocycles. The maximum atomic E-state index is 4.05. The Balaban J connectivity index is 2.63. The molecule has 1 heterocycles. The molecule has 1 aromatic rings. The summed E-state index contributed by atoms with van der Waals surface area (Å²) < 4.78 is 0. The van der Waals surface area contributed by atoms with E-state index in [0.29, 0.717) is 0 Å². The largest absolute Gasteiger partial charge is 0.251 e. The van der Waals surface area contributed by atoms with Crippen molar-refractivity contribution in [1.82, 2.24) is 0 Å². The lowest BCUT2D eigenvalue weighted by atomic mass is 10.2. The van der Waals surface area contributed by atoms with Gasteiger partial charge in [-0.05, 0) is 11.6 Å². The van der Waals surface area contributed by atoms with Crippen LogP contribution >= 0.6 is 0 Å². The van der Waals surface area contributed by atoms with Gasteiger partial charge in [-0.2, -0.15) is 0 Å². The Morgan fingerprint density at radius 3 is 3.11 bits per heavy atom. The minimum absolute atomic E-state index is 0.885. The first-order valence-corrected chi connectivity index (χ1v) is 2.98. The third kappa shape index (κ3) is 0.653. The number of hydrogen-bond acceptors (Lipinski definition) is 1. The summed E-state index contributed by atoms with van der Waals surface area (Å²) in [4.78, 5) is 4.05. The molecule has 9 heavy (non-hydrogen) atoms. The van der Waals surface area contributed by atoms with Crippen LogP contribution in [0.2, 0.25) is 0 Å². The van der Waals surface area contributed by atoms with E-state index < -0.39 is 0 Å². The molecule has 0 spiro atoms. The van der Waals surface area contributed by atoms with Gasteiger partial charge in [0.15, 0.2) is 0 Å². The molecule has 1 aliphatic rings. The van der Waals surface area contributed by atoms with E-state index in [2.05, 4.69) is 17.3 Å². The van der Waals surface area contributed by atoms with Crippen LogP contribution < -0.4 is 0 Å². The molecule has 0 saturated carbocycles. The number of nitrogens with zero attached hydrogens (tertiary/aromatic N) is 1. The summed E-state index contributed by atoms with van der Waals surface area (Å²) in [7, 11) is 0. The summed E-state index contributed by atoms with van der Waals surface area (Å²) >= 11 is 0. The van der Waals surface area contributed by atoms with Crippen molar-refractivity contribution in [3.8, 4) is 0 Å². The van der Waals surface area contributed by atoms with Gasteiger partial charge in [0.25, 0.3) is 0 Å². The molecular weight excluding hydrogens is 110 g/mol. The van der Waals surface area contributed by atoms with E-state index in [4.69, 9.17) is 0 Å². The number of aliphatic imine (C=N–C) groups is 1. The molecule has 0 unspecified atom stereocenters. The molecule has 1 nitrogen and oxygen atoms in total. The van der Waals surface area contributed by atoms with Crippen LogP contribution in [-0.4, -0.2) is 6.21 Å². The van der Waals surface area contributed by atoms with Crippen LogP contribution in [0.1, 0.15) is 5.56 Å². The van der Waals surface area contributed by atoms with Crippen LogP contribution in [-0.2, 0) is 6.42 Å². The number of hydrogen-bond donors (Lipinski definition) is 0. The van der Waals surface area contributed by atoms with Crippen molar-refractivity contribution in [2.75, 3.05) is 0 Å². The second-order valence-electron chi connectivity index (χ2n) is 2.08. The highest BCUT2D eigenvalue weighted by Crippen LogP contribution is 2.22. The maximum absolute atomic E-state index is 4.05. The van der Waals surface area contributed by atoms with Crippen molar-refractivity contribution in [3.05, 3.63) is 29.8 Å². The van der Waals surface area contributed by atoms with Crippen molar-refractivity contribution in [2.24, 2.45) is 4.99 Å². The number of fused-ring (bicyclic) bond motifs is 1. The molecule has 2 rings (SSSR count). The Bertz CT molecular complexity index is 250. The zero-order chi connectivity index (χ0) is 6.10. The van der Waals surface area contributed by atoms with Crippen LogP contribution in [0.3, 0.4) is 0 Å². The molecule has 0 amide bonds. The van der Waals surface area contributed by atoms with Crippen molar-refractivity contribution >= 4 is 11.9 Å². The molecular formula is C8H6N. The highest BCUT2D eigenvalue weighted by atomic mass is 14.7. The standard InChI is InChI=1S/C8H6N/c1-2-4-8-7(3-1)5-6-9-8/h1-4H,5H2. The van der Waals surface area contributed by atoms with Crippen LogP contribution in [0.15, 0.2) is 29.3 Å². The SMILES string of the molecule is [C]1=Nc2ccccc2C1. The zero-order valence-corrected chi connectivity index (χ0v) is 4.96. The van der Waals surface area contributed by atoms with Crippen molar-refractivity contribution in [2.45, 2.75) is 6.42 Å². The summed E-state index contributed by atoms with van der Waals surface area (Å²) in [6.45, 7) is 0. The molecule has 43 valence electrons. The molecule has 1 heteroatoms. The van der Waals surface area contributed by atoms with Gasteiger partial charge in [0, 0.05) is 6.42 Å². The highest BCUT2D eigenvalue weighted by Gasteiger charge is 2.02. The number of benzene rings is 1. The van der Waals surface area contributed by atoms with Gasteiger partial charge in [0.1, 0.15) is 0 Å². The lowest BCUT2D eigenvalue weighted by Gasteiger charge is -1.91. The summed E-state index contributed by atoms with van der Waals surface area (Å²) in [5, 5.41) is 0. The monoisotopic (exact) mass is 116 g/mol. The Kier molecular flexibility index (Phi) is 0.890. The fraction of sp³-hybridized carbons (Fsp3) is 0.125. The van der Waals surface area contributed by atoms with Gasteiger partial charge in [-0.25, -0.2) is 0 Å². The quantitative estimate of drug-likeness (QED) is 0.490. The first-order chi connectivity index (χ1) is 4.47. The Morgan fingerprint density at radius 1 is 1.33 bits per heavy atom. The summed E-state index contributed by atoms with van der Waals surface area (Å²) in [6.07, 6.45) is 3.80. The van der Waals surface area contributed by atoms with Crippen LogP contribution in [0.4, 0.5) is 5.69 Å². The fourth-order valence-corrected chi connectivity index (χ4v) is 0.979. The van der Waals surface area contributed by atoms with E-state index in [0.717, 1.165) is 12.1 Å². The molecule has 1 radical (unpaired) electrons. The van der Waals surface area contributed by atoms with E-state index in [-0.39, 0.29) is 0 Å². The third-order valence-electron chi connectivity index (χ3n) is 1.46. The topological polar surface area (TPSA) is 12.4 Å². The lowest BCUT2D eigenvalue weighted by molar-refractivity contribution is 1.41. The van der Waals surface area contributed by atoms with E-state index in [9.17, 15) is 0 Å². The molecule has 0 aliphatic carbocycles. The van der Waals surface area contributed by atoms with Gasteiger partial charge in [-0.1, -0.05) is 18.2 Å². The molecule has 0 atom stereocenters. The van der Waals surface area contributed by atoms with E-state index >= 15 is 0 Å². The van der Waals surface area contributed by atoms with E-state index in [1.165, 1.54) is 5.56 Å². The first-order valence-electron chi connectivity index (χ1n) is 2.98. The van der Waals surface area contributed by atoms with Gasteiger partial charge in [0.2, 0.25) is 0 Å². The predicted octanol–water partition coefficient (Wildman–Crippen LogP) is 1.82. The average molecular weight is 116 g/mol. The van der Waals surface area contributed by atoms with Gasteiger partial charge in [0.05, 0.1) is 11.9 Å². The minimum atomic E-state index is 0.885. The van der Waals surface area contributed by atoms with Crippen molar-refractivity contribution in [3.63, 3.8) is 0 Å².